The molecular weight excluding hydrogens is 374 g/mol. The van der Waals surface area contributed by atoms with Crippen LogP contribution in [0, 0.1) is 0 Å². The molecule has 0 unspecified atom stereocenters. The van der Waals surface area contributed by atoms with Gasteiger partial charge in [-0.15, -0.1) is 0 Å². The van der Waals surface area contributed by atoms with E-state index in [1.54, 1.807) is 62.4 Å². The predicted molar refractivity (Wildman–Crippen MR) is 105 cm³/mol. The van der Waals surface area contributed by atoms with Crippen LogP contribution in [0.15, 0.2) is 54.6 Å². The van der Waals surface area contributed by atoms with E-state index in [4.69, 9.17) is 4.74 Å². The van der Waals surface area contributed by atoms with Crippen LogP contribution in [0.25, 0.3) is 0 Å². The van der Waals surface area contributed by atoms with Crippen LogP contribution in [0.5, 0.6) is 0 Å². The quantitative estimate of drug-likeness (QED) is 0.577. The predicted octanol–water partition coefficient (Wildman–Crippen LogP) is 2.27. The van der Waals surface area contributed by atoms with Gasteiger partial charge in [0.2, 0.25) is 5.91 Å². The van der Waals surface area contributed by atoms with E-state index in [-0.39, 0.29) is 17.9 Å². The number of anilines is 1. The second kappa shape index (κ2) is 8.14. The third kappa shape index (κ3) is 3.96. The highest BCUT2D eigenvalue weighted by atomic mass is 16.5. The van der Waals surface area contributed by atoms with Gasteiger partial charge in [-0.2, -0.15) is 0 Å². The zero-order valence-corrected chi connectivity index (χ0v) is 16.1. The number of benzene rings is 2. The van der Waals surface area contributed by atoms with Crippen molar-refractivity contribution in [3.05, 3.63) is 65.7 Å². The van der Waals surface area contributed by atoms with Crippen molar-refractivity contribution in [1.29, 1.82) is 0 Å². The van der Waals surface area contributed by atoms with Crippen molar-refractivity contribution < 1.29 is 23.9 Å². The molecule has 2 N–H and O–H groups in total. The second-order valence-electron chi connectivity index (χ2n) is 6.63. The van der Waals surface area contributed by atoms with Crippen LogP contribution < -0.4 is 10.6 Å². The van der Waals surface area contributed by atoms with Gasteiger partial charge in [0.05, 0.1) is 17.9 Å². The Kier molecular flexibility index (Phi) is 5.63. The average molecular weight is 395 g/mol. The molecule has 0 radical (unpaired) electrons. The standard InChI is InChI=1S/C21H21N3O5/c1-3-29-18(26)15-11-7-8-12-16(15)22-17(25)13-24-19(27)21(2,23-20(24)28)14-9-5-4-6-10-14/h4-12H,3,13H2,1-2H3,(H,22,25)(H,23,28)/t21-/m1/s1. The summed E-state index contributed by atoms with van der Waals surface area (Å²) in [5.74, 6) is -1.71. The third-order valence-corrected chi connectivity index (χ3v) is 4.62. The molecular formula is C21H21N3O5. The minimum Gasteiger partial charge on any atom is -0.462 e. The first kappa shape index (κ1) is 20.1. The summed E-state index contributed by atoms with van der Waals surface area (Å²) in [5, 5.41) is 5.22. The number of nitrogens with zero attached hydrogens (tertiary/aromatic N) is 1. The maximum atomic E-state index is 12.9. The Morgan fingerprint density at radius 1 is 1.07 bits per heavy atom. The van der Waals surface area contributed by atoms with E-state index in [9.17, 15) is 19.2 Å². The maximum Gasteiger partial charge on any atom is 0.340 e. The molecule has 0 spiro atoms. The molecule has 0 aliphatic carbocycles. The number of nitrogens with one attached hydrogen (secondary N) is 2. The minimum atomic E-state index is -1.25. The van der Waals surface area contributed by atoms with Crippen LogP contribution in [-0.4, -0.2) is 41.9 Å². The zero-order chi connectivity index (χ0) is 21.0. The summed E-state index contributed by atoms with van der Waals surface area (Å²) in [6.07, 6.45) is 0. The lowest BCUT2D eigenvalue weighted by atomic mass is 9.92. The van der Waals surface area contributed by atoms with Gasteiger partial charge in [0.1, 0.15) is 12.1 Å². The molecule has 29 heavy (non-hydrogen) atoms. The fourth-order valence-electron chi connectivity index (χ4n) is 3.12. The first-order valence-electron chi connectivity index (χ1n) is 9.12. The van der Waals surface area contributed by atoms with Gasteiger partial charge in [-0.05, 0) is 31.5 Å². The van der Waals surface area contributed by atoms with E-state index in [1.165, 1.54) is 6.07 Å². The number of carbonyl (C=O) groups is 4. The van der Waals surface area contributed by atoms with E-state index in [2.05, 4.69) is 10.6 Å². The Morgan fingerprint density at radius 3 is 2.41 bits per heavy atom. The van der Waals surface area contributed by atoms with E-state index in [0.717, 1.165) is 4.90 Å². The Hall–Kier alpha value is -3.68. The number of para-hydroxylation sites is 1. The van der Waals surface area contributed by atoms with Crippen molar-refractivity contribution in [2.45, 2.75) is 19.4 Å². The summed E-state index contributed by atoms with van der Waals surface area (Å²) in [4.78, 5) is 50.6. The number of hydrogen-bond donors (Lipinski definition) is 2. The molecule has 1 atom stereocenters. The molecule has 4 amide bonds. The fraction of sp³-hybridized carbons (Fsp3) is 0.238. The highest BCUT2D eigenvalue weighted by Gasteiger charge is 2.49. The number of rotatable bonds is 6. The molecule has 150 valence electrons. The van der Waals surface area contributed by atoms with E-state index < -0.39 is 35.9 Å². The summed E-state index contributed by atoms with van der Waals surface area (Å²) in [7, 11) is 0. The van der Waals surface area contributed by atoms with Gasteiger partial charge in [0.15, 0.2) is 0 Å². The highest BCUT2D eigenvalue weighted by molar-refractivity contribution is 6.10. The minimum absolute atomic E-state index is 0.189. The number of hydrogen-bond acceptors (Lipinski definition) is 5. The SMILES string of the molecule is CCOC(=O)c1ccccc1NC(=O)CN1C(=O)N[C@](C)(c2ccccc2)C1=O. The smallest absolute Gasteiger partial charge is 0.340 e. The summed E-state index contributed by atoms with van der Waals surface area (Å²) >= 11 is 0. The molecule has 2 aromatic carbocycles. The van der Waals surface area contributed by atoms with Crippen molar-refractivity contribution in [2.75, 3.05) is 18.5 Å². The van der Waals surface area contributed by atoms with Crippen LogP contribution >= 0.6 is 0 Å². The number of ether oxygens (including phenoxy) is 1. The lowest BCUT2D eigenvalue weighted by Crippen LogP contribution is -2.42. The van der Waals surface area contributed by atoms with E-state index >= 15 is 0 Å². The molecule has 1 fully saturated rings. The monoisotopic (exact) mass is 395 g/mol. The molecule has 1 heterocycles. The number of amides is 4. The Balaban J connectivity index is 1.74. The first-order valence-corrected chi connectivity index (χ1v) is 9.12. The van der Waals surface area contributed by atoms with Gasteiger partial charge in [0, 0.05) is 0 Å². The van der Waals surface area contributed by atoms with Crippen LogP contribution in [-0.2, 0) is 19.9 Å². The second-order valence-corrected chi connectivity index (χ2v) is 6.63. The highest BCUT2D eigenvalue weighted by Crippen LogP contribution is 2.28. The lowest BCUT2D eigenvalue weighted by Gasteiger charge is -2.22. The van der Waals surface area contributed by atoms with Gasteiger partial charge < -0.3 is 15.4 Å². The van der Waals surface area contributed by atoms with Crippen molar-refractivity contribution in [2.24, 2.45) is 0 Å². The van der Waals surface area contributed by atoms with Crippen molar-refractivity contribution in [3.8, 4) is 0 Å². The van der Waals surface area contributed by atoms with Gasteiger partial charge in [-0.25, -0.2) is 9.59 Å². The van der Waals surface area contributed by atoms with E-state index in [0.29, 0.717) is 5.56 Å². The van der Waals surface area contributed by atoms with Crippen LogP contribution in [0.2, 0.25) is 0 Å². The molecule has 8 heteroatoms. The molecule has 1 aliphatic rings. The molecule has 0 aromatic heterocycles. The molecule has 0 bridgehead atoms. The Bertz CT molecular complexity index is 960. The fourth-order valence-corrected chi connectivity index (χ4v) is 3.12. The third-order valence-electron chi connectivity index (χ3n) is 4.62. The van der Waals surface area contributed by atoms with Crippen molar-refractivity contribution >= 4 is 29.5 Å². The zero-order valence-electron chi connectivity index (χ0n) is 16.1. The number of carbonyl (C=O) groups excluding carboxylic acids is 4. The topological polar surface area (TPSA) is 105 Å². The summed E-state index contributed by atoms with van der Waals surface area (Å²) in [6, 6.07) is 14.5. The molecule has 8 nitrogen and oxygen atoms in total. The Morgan fingerprint density at radius 2 is 1.72 bits per heavy atom. The first-order chi connectivity index (χ1) is 13.9. The molecule has 0 saturated carbocycles. The number of urea groups is 1. The molecule has 2 aromatic rings. The summed E-state index contributed by atoms with van der Waals surface area (Å²) < 4.78 is 4.98. The van der Waals surface area contributed by atoms with E-state index in [1.807, 2.05) is 0 Å². The largest absolute Gasteiger partial charge is 0.462 e. The van der Waals surface area contributed by atoms with Crippen LogP contribution in [0.3, 0.4) is 0 Å². The molecule has 1 aliphatic heterocycles. The van der Waals surface area contributed by atoms with Gasteiger partial charge in [-0.3, -0.25) is 14.5 Å². The van der Waals surface area contributed by atoms with Gasteiger partial charge in [0.25, 0.3) is 5.91 Å². The maximum absolute atomic E-state index is 12.9. The summed E-state index contributed by atoms with van der Waals surface area (Å²) in [5.41, 5.74) is -0.196. The van der Waals surface area contributed by atoms with Gasteiger partial charge >= 0.3 is 12.0 Å². The molecule has 3 rings (SSSR count). The molecule has 1 saturated heterocycles. The number of imide groups is 1. The van der Waals surface area contributed by atoms with Crippen molar-refractivity contribution in [1.82, 2.24) is 10.2 Å². The number of esters is 1. The normalized spacial score (nSPS) is 18.3. The lowest BCUT2D eigenvalue weighted by molar-refractivity contribution is -0.133. The Labute approximate surface area is 167 Å². The van der Waals surface area contributed by atoms with Crippen molar-refractivity contribution in [3.63, 3.8) is 0 Å². The van der Waals surface area contributed by atoms with Crippen LogP contribution in [0.1, 0.15) is 29.8 Å². The average Bonchev–Trinajstić information content (AvgIpc) is 2.93. The summed E-state index contributed by atoms with van der Waals surface area (Å²) in [6.45, 7) is 2.99. The van der Waals surface area contributed by atoms with Crippen LogP contribution in [0.4, 0.5) is 10.5 Å². The van der Waals surface area contributed by atoms with Gasteiger partial charge in [-0.1, -0.05) is 42.5 Å².